The zero-order valence-corrected chi connectivity index (χ0v) is 12.4. The van der Waals surface area contributed by atoms with Crippen molar-refractivity contribution in [2.75, 3.05) is 0 Å². The largest absolute Gasteiger partial charge is 0.264 e. The molecule has 0 aliphatic rings. The number of aromatic nitrogens is 1. The van der Waals surface area contributed by atoms with Crippen LogP contribution in [0.1, 0.15) is 50.3 Å². The van der Waals surface area contributed by atoms with Gasteiger partial charge in [0.1, 0.15) is 0 Å². The summed E-state index contributed by atoms with van der Waals surface area (Å²) in [7, 11) is 0. The normalized spacial score (nSPS) is 11.8. The first-order chi connectivity index (χ1) is 8.99. The number of rotatable bonds is 4. The summed E-state index contributed by atoms with van der Waals surface area (Å²) in [6, 6.07) is 13.2. The van der Waals surface area contributed by atoms with Gasteiger partial charge >= 0.3 is 0 Å². The van der Waals surface area contributed by atoms with Gasteiger partial charge < -0.3 is 0 Å². The lowest BCUT2D eigenvalue weighted by atomic mass is 9.80. The maximum Gasteiger partial charge on any atom is 0.0305 e. The van der Waals surface area contributed by atoms with E-state index in [1.54, 1.807) is 0 Å². The zero-order chi connectivity index (χ0) is 13.9. The smallest absolute Gasteiger partial charge is 0.0305 e. The Bertz CT molecular complexity index is 509. The first-order valence-electron chi connectivity index (χ1n) is 6.98. The minimum Gasteiger partial charge on any atom is -0.264 e. The molecule has 100 valence electrons. The van der Waals surface area contributed by atoms with Crippen LogP contribution in [-0.4, -0.2) is 4.98 Å². The van der Waals surface area contributed by atoms with Crippen molar-refractivity contribution >= 4 is 0 Å². The molecule has 1 heterocycles. The van der Waals surface area contributed by atoms with E-state index in [1.807, 2.05) is 18.5 Å². The molecule has 0 saturated heterocycles. The Kier molecular flexibility index (Phi) is 4.04. The van der Waals surface area contributed by atoms with E-state index in [0.717, 1.165) is 6.42 Å². The van der Waals surface area contributed by atoms with Crippen molar-refractivity contribution in [3.63, 3.8) is 0 Å². The van der Waals surface area contributed by atoms with Gasteiger partial charge in [0.2, 0.25) is 0 Å². The third-order valence-corrected chi connectivity index (χ3v) is 3.74. The van der Waals surface area contributed by atoms with Crippen molar-refractivity contribution < 1.29 is 0 Å². The molecule has 0 N–H and O–H groups in total. The van der Waals surface area contributed by atoms with E-state index in [1.165, 1.54) is 16.7 Å². The fourth-order valence-electron chi connectivity index (χ4n) is 2.40. The molecule has 19 heavy (non-hydrogen) atoms. The minimum absolute atomic E-state index is 0.119. The van der Waals surface area contributed by atoms with E-state index in [4.69, 9.17) is 0 Å². The molecule has 0 aliphatic heterocycles. The van der Waals surface area contributed by atoms with E-state index in [2.05, 4.69) is 63.0 Å². The summed E-state index contributed by atoms with van der Waals surface area (Å²) in [5.74, 6) is 0.598. The summed E-state index contributed by atoms with van der Waals surface area (Å²) in [5.41, 5.74) is 4.21. The Morgan fingerprint density at radius 3 is 2.26 bits per heavy atom. The van der Waals surface area contributed by atoms with Gasteiger partial charge in [-0.15, -0.1) is 0 Å². The van der Waals surface area contributed by atoms with Gasteiger partial charge in [-0.3, -0.25) is 4.98 Å². The van der Waals surface area contributed by atoms with Gasteiger partial charge in [-0.05, 0) is 40.5 Å². The number of benzene rings is 1. The van der Waals surface area contributed by atoms with Gasteiger partial charge in [0.15, 0.2) is 0 Å². The number of nitrogens with zero attached hydrogens (tertiary/aromatic N) is 1. The highest BCUT2D eigenvalue weighted by atomic mass is 14.6. The van der Waals surface area contributed by atoms with Crippen LogP contribution in [0.3, 0.4) is 0 Å². The number of hydrogen-bond acceptors (Lipinski definition) is 1. The fourth-order valence-corrected chi connectivity index (χ4v) is 2.40. The molecule has 0 saturated carbocycles. The van der Waals surface area contributed by atoms with Gasteiger partial charge in [-0.1, -0.05) is 58.0 Å². The van der Waals surface area contributed by atoms with E-state index in [9.17, 15) is 0 Å². The monoisotopic (exact) mass is 253 g/mol. The molecule has 0 fully saturated rings. The SMILES string of the molecule is CC(C)c1ccc(CC(C)(C)c2cccnc2)cc1. The second-order valence-corrected chi connectivity index (χ2v) is 6.20. The second kappa shape index (κ2) is 5.56. The predicted octanol–water partition coefficient (Wildman–Crippen LogP) is 4.73. The number of pyridine rings is 1. The van der Waals surface area contributed by atoms with Crippen molar-refractivity contribution in [1.29, 1.82) is 0 Å². The summed E-state index contributed by atoms with van der Waals surface area (Å²) in [4.78, 5) is 4.23. The standard InChI is InChI=1S/C18H23N/c1-14(2)16-9-7-15(8-10-16)12-18(3,4)17-6-5-11-19-13-17/h5-11,13-14H,12H2,1-4H3. The molecule has 1 aromatic carbocycles. The Labute approximate surface area is 116 Å². The first-order valence-corrected chi connectivity index (χ1v) is 6.98. The van der Waals surface area contributed by atoms with Gasteiger partial charge in [0.25, 0.3) is 0 Å². The molecule has 1 aromatic heterocycles. The Balaban J connectivity index is 2.16. The zero-order valence-electron chi connectivity index (χ0n) is 12.4. The Morgan fingerprint density at radius 2 is 1.74 bits per heavy atom. The lowest BCUT2D eigenvalue weighted by Gasteiger charge is -2.25. The molecule has 1 heteroatoms. The van der Waals surface area contributed by atoms with Gasteiger partial charge in [0.05, 0.1) is 0 Å². The molecule has 2 rings (SSSR count). The Hall–Kier alpha value is -1.63. The molecule has 0 bridgehead atoms. The first kappa shape index (κ1) is 13.8. The summed E-state index contributed by atoms with van der Waals surface area (Å²) in [6.07, 6.45) is 4.84. The highest BCUT2D eigenvalue weighted by Crippen LogP contribution is 2.27. The Morgan fingerprint density at radius 1 is 1.05 bits per heavy atom. The highest BCUT2D eigenvalue weighted by Gasteiger charge is 2.21. The van der Waals surface area contributed by atoms with E-state index in [0.29, 0.717) is 5.92 Å². The van der Waals surface area contributed by atoms with Crippen LogP contribution in [0.25, 0.3) is 0 Å². The molecular weight excluding hydrogens is 230 g/mol. The van der Waals surface area contributed by atoms with Crippen LogP contribution in [0.2, 0.25) is 0 Å². The van der Waals surface area contributed by atoms with Crippen LogP contribution in [0, 0.1) is 0 Å². The maximum absolute atomic E-state index is 4.23. The van der Waals surface area contributed by atoms with E-state index < -0.39 is 0 Å². The topological polar surface area (TPSA) is 12.9 Å². The molecule has 0 atom stereocenters. The van der Waals surface area contributed by atoms with Gasteiger partial charge in [-0.2, -0.15) is 0 Å². The average Bonchev–Trinajstić information content (AvgIpc) is 2.40. The second-order valence-electron chi connectivity index (χ2n) is 6.20. The lowest BCUT2D eigenvalue weighted by Crippen LogP contribution is -2.20. The van der Waals surface area contributed by atoms with Crippen LogP contribution >= 0.6 is 0 Å². The quantitative estimate of drug-likeness (QED) is 0.768. The molecular formula is C18H23N. The highest BCUT2D eigenvalue weighted by molar-refractivity contribution is 5.29. The van der Waals surface area contributed by atoms with Crippen LogP contribution < -0.4 is 0 Å². The minimum atomic E-state index is 0.119. The molecule has 0 spiro atoms. The number of hydrogen-bond donors (Lipinski definition) is 0. The summed E-state index contributed by atoms with van der Waals surface area (Å²) >= 11 is 0. The van der Waals surface area contributed by atoms with Crippen LogP contribution in [-0.2, 0) is 11.8 Å². The molecule has 1 nitrogen and oxygen atoms in total. The predicted molar refractivity (Wildman–Crippen MR) is 81.5 cm³/mol. The molecule has 2 aromatic rings. The molecule has 0 radical (unpaired) electrons. The summed E-state index contributed by atoms with van der Waals surface area (Å²) in [6.45, 7) is 9.02. The average molecular weight is 253 g/mol. The summed E-state index contributed by atoms with van der Waals surface area (Å²) < 4.78 is 0. The van der Waals surface area contributed by atoms with Gasteiger partial charge in [-0.25, -0.2) is 0 Å². The van der Waals surface area contributed by atoms with Crippen molar-refractivity contribution in [3.05, 3.63) is 65.5 Å². The van der Waals surface area contributed by atoms with Crippen molar-refractivity contribution in [3.8, 4) is 0 Å². The lowest BCUT2D eigenvalue weighted by molar-refractivity contribution is 0.520. The van der Waals surface area contributed by atoms with Crippen LogP contribution in [0.15, 0.2) is 48.8 Å². The molecule has 0 aliphatic carbocycles. The molecule has 0 unspecified atom stereocenters. The van der Waals surface area contributed by atoms with E-state index >= 15 is 0 Å². The third kappa shape index (κ3) is 3.44. The van der Waals surface area contributed by atoms with Crippen molar-refractivity contribution in [2.24, 2.45) is 0 Å². The van der Waals surface area contributed by atoms with Crippen molar-refractivity contribution in [1.82, 2.24) is 4.98 Å². The maximum atomic E-state index is 4.23. The molecule has 0 amide bonds. The van der Waals surface area contributed by atoms with E-state index in [-0.39, 0.29) is 5.41 Å². The van der Waals surface area contributed by atoms with Crippen LogP contribution in [0.4, 0.5) is 0 Å². The summed E-state index contributed by atoms with van der Waals surface area (Å²) in [5, 5.41) is 0. The fraction of sp³-hybridized carbons (Fsp3) is 0.389. The third-order valence-electron chi connectivity index (χ3n) is 3.74. The van der Waals surface area contributed by atoms with Crippen LogP contribution in [0.5, 0.6) is 0 Å². The van der Waals surface area contributed by atoms with Crippen molar-refractivity contribution in [2.45, 2.75) is 45.4 Å². The van der Waals surface area contributed by atoms with Gasteiger partial charge in [0, 0.05) is 12.4 Å².